The average molecular weight is 366 g/mol. The molecule has 1 aliphatic rings. The third-order valence-electron chi connectivity index (χ3n) is 4.92. The Balaban J connectivity index is 0.00000180. The molecule has 2 atom stereocenters. The van der Waals surface area contributed by atoms with Crippen molar-refractivity contribution in [1.29, 1.82) is 0 Å². The number of hydrogen-bond acceptors (Lipinski definition) is 1. The van der Waals surface area contributed by atoms with Crippen molar-refractivity contribution in [2.75, 3.05) is 0 Å². The summed E-state index contributed by atoms with van der Waals surface area (Å²) in [6.07, 6.45) is 0. The Bertz CT molecular complexity index is 521. The number of fused-ring (bicyclic) bond motifs is 1. The molecule has 0 radical (unpaired) electrons. The zero-order valence-corrected chi connectivity index (χ0v) is 18.3. The van der Waals surface area contributed by atoms with Crippen LogP contribution < -0.4 is 29.0 Å². The van der Waals surface area contributed by atoms with Crippen LogP contribution in [0, 0.1) is 0 Å². The van der Waals surface area contributed by atoms with Crippen molar-refractivity contribution in [3.8, 4) is 0 Å². The van der Waals surface area contributed by atoms with Crippen LogP contribution in [0.3, 0.4) is 0 Å². The fraction of sp³-hybridized carbons (Fsp3) is 0.467. The van der Waals surface area contributed by atoms with Crippen LogP contribution in [0.25, 0.3) is 5.57 Å². The molecule has 0 aliphatic heterocycles. The predicted molar refractivity (Wildman–Crippen MR) is 81.3 cm³/mol. The predicted octanol–water partition coefficient (Wildman–Crippen LogP) is -2.93. The van der Waals surface area contributed by atoms with E-state index in [2.05, 4.69) is 58.9 Å². The maximum atomic E-state index is 6.98. The minimum atomic E-state index is -2.32. The van der Waals surface area contributed by atoms with Crippen LogP contribution >= 0.6 is 0 Å². The summed E-state index contributed by atoms with van der Waals surface area (Å²) in [5.74, 6) is 0. The van der Waals surface area contributed by atoms with E-state index >= 15 is 0 Å². The van der Waals surface area contributed by atoms with Crippen molar-refractivity contribution < 1.29 is 40.9 Å². The van der Waals surface area contributed by atoms with E-state index in [1.165, 1.54) is 24.8 Å². The number of halogens is 2. The van der Waals surface area contributed by atoms with Crippen molar-refractivity contribution in [3.05, 3.63) is 41.0 Å². The maximum absolute atomic E-state index is 6.98. The second-order valence-corrected chi connectivity index (χ2v) is 20.9. The first-order valence-electron chi connectivity index (χ1n) is 6.73. The third-order valence-corrected chi connectivity index (χ3v) is 21.6. The van der Waals surface area contributed by atoms with E-state index in [4.69, 9.17) is 4.22 Å². The molecule has 0 saturated heterocycles. The Labute approximate surface area is 141 Å². The molecule has 0 spiro atoms. The SMILES string of the molecule is CC1=C(C)[CH]([Ti]([NH2])([SiH3])[C](C)(C)C)c2ccccc21.[Cl-].[Cl-]. The van der Waals surface area contributed by atoms with Gasteiger partial charge in [-0.2, -0.15) is 0 Å². The molecule has 0 saturated carbocycles. The number of rotatable bonds is 1. The Morgan fingerprint density at radius 2 is 1.60 bits per heavy atom. The minimum absolute atomic E-state index is 0. The van der Waals surface area contributed by atoms with Gasteiger partial charge >= 0.3 is 118 Å². The van der Waals surface area contributed by atoms with Crippen LogP contribution in [0.4, 0.5) is 0 Å². The summed E-state index contributed by atoms with van der Waals surface area (Å²) in [6, 6.07) is 8.88. The molecule has 0 heterocycles. The summed E-state index contributed by atoms with van der Waals surface area (Å²) in [5, 5.41) is 0. The van der Waals surface area contributed by atoms with Gasteiger partial charge in [0, 0.05) is 0 Å². The standard InChI is InChI=1S/C11H11.C4H9.2ClH.H2N.H3Si.Ti/c1-8-7-10-5-3-4-6-11(10)9(8)2;1-4(2)3;;;;;/h3-7H,1-2H3;1-3H3;2*1H;1H2;1H3;/q;;;;-1;;+1/p-2. The molecule has 114 valence electrons. The molecule has 0 amide bonds. The Morgan fingerprint density at radius 1 is 1.10 bits per heavy atom. The second-order valence-electron chi connectivity index (χ2n) is 6.86. The molecule has 0 aromatic heterocycles. The van der Waals surface area contributed by atoms with Crippen molar-refractivity contribution in [2.24, 2.45) is 4.22 Å². The van der Waals surface area contributed by atoms with Crippen molar-refractivity contribution in [3.63, 3.8) is 0 Å². The van der Waals surface area contributed by atoms with Crippen LogP contribution in [0.5, 0.6) is 0 Å². The van der Waals surface area contributed by atoms with Gasteiger partial charge in [-0.25, -0.2) is 0 Å². The van der Waals surface area contributed by atoms with E-state index in [-0.39, 0.29) is 24.8 Å². The molecule has 1 nitrogen and oxygen atoms in total. The molecule has 0 bridgehead atoms. The molecular weight excluding hydrogens is 341 g/mol. The van der Waals surface area contributed by atoms with Crippen LogP contribution in [0.1, 0.15) is 50.0 Å². The van der Waals surface area contributed by atoms with Crippen molar-refractivity contribution in [1.82, 2.24) is 0 Å². The number of hydrogen-bond donors (Lipinski definition) is 1. The summed E-state index contributed by atoms with van der Waals surface area (Å²) in [7, 11) is 1.18. The van der Waals surface area contributed by atoms with Crippen LogP contribution in [-0.4, -0.2) is 8.11 Å². The largest absolute Gasteiger partial charge is 1.00 e. The zero-order valence-electron chi connectivity index (χ0n) is 13.2. The fourth-order valence-corrected chi connectivity index (χ4v) is 10.5. The monoisotopic (exact) mass is 365 g/mol. The summed E-state index contributed by atoms with van der Waals surface area (Å²) in [6.45, 7) is 11.6. The Hall–Kier alpha value is 0.431. The first-order chi connectivity index (χ1) is 8.18. The number of allylic oxidation sites excluding steroid dienone is 2. The van der Waals surface area contributed by atoms with Gasteiger partial charge in [0.15, 0.2) is 0 Å². The first-order valence-corrected chi connectivity index (χ1v) is 15.0. The molecule has 20 heavy (non-hydrogen) atoms. The summed E-state index contributed by atoms with van der Waals surface area (Å²) < 4.78 is 7.87. The van der Waals surface area contributed by atoms with Gasteiger partial charge in [-0.05, 0) is 0 Å². The van der Waals surface area contributed by atoms with Crippen molar-refractivity contribution in [2.45, 2.75) is 42.6 Å². The normalized spacial score (nSPS) is 20.8. The summed E-state index contributed by atoms with van der Waals surface area (Å²) in [5.41, 5.74) is 5.97. The molecule has 0 fully saturated rings. The van der Waals surface area contributed by atoms with Gasteiger partial charge in [0.05, 0.1) is 0 Å². The molecule has 1 aliphatic carbocycles. The van der Waals surface area contributed by atoms with Gasteiger partial charge in [-0.1, -0.05) is 0 Å². The van der Waals surface area contributed by atoms with E-state index < -0.39 is 16.1 Å². The number of nitrogens with two attached hydrogens (primary N) is 1. The van der Waals surface area contributed by atoms with Gasteiger partial charge in [0.2, 0.25) is 0 Å². The van der Waals surface area contributed by atoms with Gasteiger partial charge in [0.25, 0.3) is 0 Å². The molecular formula is C15H25Cl2NSiTi-2. The van der Waals surface area contributed by atoms with E-state index in [1.54, 1.807) is 5.57 Å². The van der Waals surface area contributed by atoms with Crippen LogP contribution in [-0.2, 0) is 16.1 Å². The fourth-order valence-electron chi connectivity index (χ4n) is 2.96. The summed E-state index contributed by atoms with van der Waals surface area (Å²) >= 11 is -2.32. The van der Waals surface area contributed by atoms with Crippen molar-refractivity contribution >= 4 is 13.7 Å². The molecule has 1 aromatic carbocycles. The molecule has 2 rings (SSSR count). The van der Waals surface area contributed by atoms with Gasteiger partial charge < -0.3 is 24.8 Å². The zero-order chi connectivity index (χ0) is 13.7. The quantitative estimate of drug-likeness (QED) is 0.530. The minimum Gasteiger partial charge on any atom is -1.00 e. The Kier molecular flexibility index (Phi) is 6.83. The second kappa shape index (κ2) is 6.68. The van der Waals surface area contributed by atoms with Gasteiger partial charge in [-0.3, -0.25) is 0 Å². The van der Waals surface area contributed by atoms with E-state index in [1.807, 2.05) is 0 Å². The first kappa shape index (κ1) is 20.4. The van der Waals surface area contributed by atoms with Gasteiger partial charge in [-0.15, -0.1) is 0 Å². The maximum Gasteiger partial charge on any atom is -1.00 e. The molecule has 1 aromatic rings. The summed E-state index contributed by atoms with van der Waals surface area (Å²) in [4.78, 5) is 0. The van der Waals surface area contributed by atoms with E-state index in [9.17, 15) is 0 Å². The molecule has 2 N–H and O–H groups in total. The topological polar surface area (TPSA) is 26.0 Å². The van der Waals surface area contributed by atoms with Gasteiger partial charge in [0.1, 0.15) is 0 Å². The number of benzene rings is 1. The smallest absolute Gasteiger partial charge is 1.00 e. The van der Waals surface area contributed by atoms with E-state index in [0.717, 1.165) is 0 Å². The van der Waals surface area contributed by atoms with E-state index in [0.29, 0.717) is 7.94 Å². The average Bonchev–Trinajstić information content (AvgIpc) is 2.51. The molecule has 5 heteroatoms. The van der Waals surface area contributed by atoms with Crippen LogP contribution in [0.2, 0.25) is 3.72 Å². The third kappa shape index (κ3) is 3.11. The Morgan fingerprint density at radius 3 is 2.10 bits per heavy atom. The molecule has 2 unspecified atom stereocenters. The van der Waals surface area contributed by atoms with Crippen LogP contribution in [0.15, 0.2) is 29.8 Å².